The molecule has 0 unspecified atom stereocenters. The highest BCUT2D eigenvalue weighted by molar-refractivity contribution is 5.92. The van der Waals surface area contributed by atoms with Crippen LogP contribution >= 0.6 is 0 Å². The average molecular weight is 252 g/mol. The van der Waals surface area contributed by atoms with Gasteiger partial charge in [-0.2, -0.15) is 0 Å². The predicted molar refractivity (Wildman–Crippen MR) is 72.0 cm³/mol. The molecule has 4 heteroatoms. The molecule has 1 rings (SSSR count). The van der Waals surface area contributed by atoms with E-state index in [0.29, 0.717) is 5.69 Å². The number of hydrogen-bond donors (Lipinski definition) is 2. The first-order valence-electron chi connectivity index (χ1n) is 6.19. The number of carbonyl (C=O) groups is 1. The van der Waals surface area contributed by atoms with Crippen molar-refractivity contribution in [3.63, 3.8) is 0 Å². The Morgan fingerprint density at radius 2 is 1.89 bits per heavy atom. The Bertz CT molecular complexity index is 387. The number of benzene rings is 1. The summed E-state index contributed by atoms with van der Waals surface area (Å²) in [7, 11) is 0. The smallest absolute Gasteiger partial charge is 0.238 e. The zero-order chi connectivity index (χ0) is 13.6. The summed E-state index contributed by atoms with van der Waals surface area (Å²) < 4.78 is 12.7. The largest absolute Gasteiger partial charge is 0.325 e. The van der Waals surface area contributed by atoms with Gasteiger partial charge < -0.3 is 10.6 Å². The van der Waals surface area contributed by atoms with Crippen LogP contribution in [0.4, 0.5) is 10.1 Å². The van der Waals surface area contributed by atoms with Crippen LogP contribution in [0.15, 0.2) is 24.3 Å². The summed E-state index contributed by atoms with van der Waals surface area (Å²) in [5.41, 5.74) is 0.800. The second kappa shape index (κ2) is 6.50. The lowest BCUT2D eigenvalue weighted by Crippen LogP contribution is -2.34. The molecule has 1 aromatic carbocycles. The molecular formula is C14H21FN2O. The number of nitrogens with one attached hydrogen (secondary N) is 2. The fourth-order valence-corrected chi connectivity index (χ4v) is 1.38. The highest BCUT2D eigenvalue weighted by Gasteiger charge is 2.14. The predicted octanol–water partition coefficient (Wildman–Crippen LogP) is 2.79. The van der Waals surface area contributed by atoms with Gasteiger partial charge in [0.05, 0.1) is 6.54 Å². The molecule has 0 heterocycles. The number of amides is 1. The molecule has 2 N–H and O–H groups in total. The summed E-state index contributed by atoms with van der Waals surface area (Å²) in [6, 6.07) is 5.74. The lowest BCUT2D eigenvalue weighted by Gasteiger charge is -2.22. The fraction of sp³-hybridized carbons (Fsp3) is 0.500. The third-order valence-corrected chi connectivity index (χ3v) is 2.97. The number of anilines is 1. The normalized spacial score (nSPS) is 11.3. The summed E-state index contributed by atoms with van der Waals surface area (Å²) in [6.07, 6.45) is 1.06. The number of carbonyl (C=O) groups excluding carboxylic acids is 1. The Kier molecular flexibility index (Phi) is 5.28. The third-order valence-electron chi connectivity index (χ3n) is 2.97. The Morgan fingerprint density at radius 3 is 2.44 bits per heavy atom. The molecule has 0 saturated carbocycles. The van der Waals surface area contributed by atoms with Crippen molar-refractivity contribution >= 4 is 11.6 Å². The van der Waals surface area contributed by atoms with Gasteiger partial charge in [0.2, 0.25) is 5.91 Å². The van der Waals surface area contributed by atoms with E-state index in [9.17, 15) is 9.18 Å². The van der Waals surface area contributed by atoms with Crippen molar-refractivity contribution < 1.29 is 9.18 Å². The minimum Gasteiger partial charge on any atom is -0.325 e. The van der Waals surface area contributed by atoms with Gasteiger partial charge >= 0.3 is 0 Å². The lowest BCUT2D eigenvalue weighted by molar-refractivity contribution is -0.115. The molecule has 0 aliphatic rings. The van der Waals surface area contributed by atoms with Crippen molar-refractivity contribution in [2.24, 2.45) is 5.41 Å². The third kappa shape index (κ3) is 5.27. The highest BCUT2D eigenvalue weighted by Crippen LogP contribution is 2.17. The van der Waals surface area contributed by atoms with E-state index in [1.165, 1.54) is 12.1 Å². The summed E-state index contributed by atoms with van der Waals surface area (Å²) in [4.78, 5) is 11.6. The van der Waals surface area contributed by atoms with Crippen molar-refractivity contribution in [3.8, 4) is 0 Å². The molecular weight excluding hydrogens is 231 g/mol. The Labute approximate surface area is 108 Å². The average Bonchev–Trinajstić information content (AvgIpc) is 2.32. The first kappa shape index (κ1) is 14.6. The van der Waals surface area contributed by atoms with Crippen LogP contribution < -0.4 is 10.6 Å². The van der Waals surface area contributed by atoms with Gasteiger partial charge in [-0.1, -0.05) is 20.8 Å². The molecule has 0 bridgehead atoms. The minimum atomic E-state index is -0.309. The Morgan fingerprint density at radius 1 is 1.28 bits per heavy atom. The molecule has 0 aliphatic carbocycles. The van der Waals surface area contributed by atoms with Gasteiger partial charge in [-0.25, -0.2) is 4.39 Å². The zero-order valence-electron chi connectivity index (χ0n) is 11.2. The molecule has 0 spiro atoms. The minimum absolute atomic E-state index is 0.117. The second-order valence-electron chi connectivity index (χ2n) is 5.18. The quantitative estimate of drug-likeness (QED) is 0.817. The van der Waals surface area contributed by atoms with Crippen LogP contribution in [0.3, 0.4) is 0 Å². The van der Waals surface area contributed by atoms with Crippen molar-refractivity contribution in [1.82, 2.24) is 5.32 Å². The molecule has 0 saturated heterocycles. The van der Waals surface area contributed by atoms with Gasteiger partial charge in [-0.15, -0.1) is 0 Å². The van der Waals surface area contributed by atoms with Gasteiger partial charge in [0.15, 0.2) is 0 Å². The molecule has 100 valence electrons. The van der Waals surface area contributed by atoms with Gasteiger partial charge in [0.25, 0.3) is 0 Å². The topological polar surface area (TPSA) is 41.1 Å². The van der Waals surface area contributed by atoms with Crippen LogP contribution in [0, 0.1) is 11.2 Å². The summed E-state index contributed by atoms with van der Waals surface area (Å²) >= 11 is 0. The van der Waals surface area contributed by atoms with E-state index in [0.717, 1.165) is 13.0 Å². The molecule has 3 nitrogen and oxygen atoms in total. The molecule has 0 atom stereocenters. The molecule has 0 radical (unpaired) electrons. The molecule has 0 aromatic heterocycles. The van der Waals surface area contributed by atoms with Crippen LogP contribution in [0.2, 0.25) is 0 Å². The first-order chi connectivity index (χ1) is 8.43. The summed E-state index contributed by atoms with van der Waals surface area (Å²) in [6.45, 7) is 7.48. The van der Waals surface area contributed by atoms with E-state index in [-0.39, 0.29) is 23.7 Å². The van der Waals surface area contributed by atoms with Crippen molar-refractivity contribution in [2.75, 3.05) is 18.4 Å². The van der Waals surface area contributed by atoms with E-state index >= 15 is 0 Å². The SMILES string of the molecule is CCC(C)(C)CNCC(=O)Nc1ccc(F)cc1. The standard InChI is InChI=1S/C14H21FN2O/c1-4-14(2,3)10-16-9-13(18)17-12-7-5-11(15)6-8-12/h5-8,16H,4,9-10H2,1-3H3,(H,17,18). The lowest BCUT2D eigenvalue weighted by atomic mass is 9.90. The summed E-state index contributed by atoms with van der Waals surface area (Å²) in [5.74, 6) is -0.427. The van der Waals surface area contributed by atoms with Crippen LogP contribution in [-0.4, -0.2) is 19.0 Å². The first-order valence-corrected chi connectivity index (χ1v) is 6.19. The van der Waals surface area contributed by atoms with Gasteiger partial charge in [0.1, 0.15) is 5.82 Å². The molecule has 18 heavy (non-hydrogen) atoms. The maximum Gasteiger partial charge on any atom is 0.238 e. The molecule has 1 amide bonds. The fourth-order valence-electron chi connectivity index (χ4n) is 1.38. The number of halogens is 1. The van der Waals surface area contributed by atoms with Crippen LogP contribution in [0.1, 0.15) is 27.2 Å². The highest BCUT2D eigenvalue weighted by atomic mass is 19.1. The van der Waals surface area contributed by atoms with E-state index in [1.54, 1.807) is 12.1 Å². The van der Waals surface area contributed by atoms with E-state index < -0.39 is 0 Å². The molecule has 1 aromatic rings. The monoisotopic (exact) mass is 252 g/mol. The Hall–Kier alpha value is -1.42. The van der Waals surface area contributed by atoms with Gasteiger partial charge in [-0.3, -0.25) is 4.79 Å². The van der Waals surface area contributed by atoms with E-state index in [2.05, 4.69) is 31.4 Å². The number of rotatable bonds is 6. The Balaban J connectivity index is 2.32. The van der Waals surface area contributed by atoms with E-state index in [1.807, 2.05) is 0 Å². The van der Waals surface area contributed by atoms with Crippen molar-refractivity contribution in [3.05, 3.63) is 30.1 Å². The summed E-state index contributed by atoms with van der Waals surface area (Å²) in [5, 5.41) is 5.83. The van der Waals surface area contributed by atoms with Gasteiger partial charge in [0, 0.05) is 12.2 Å². The van der Waals surface area contributed by atoms with Crippen LogP contribution in [0.25, 0.3) is 0 Å². The van der Waals surface area contributed by atoms with Crippen LogP contribution in [-0.2, 0) is 4.79 Å². The maximum absolute atomic E-state index is 12.7. The maximum atomic E-state index is 12.7. The number of hydrogen-bond acceptors (Lipinski definition) is 2. The van der Waals surface area contributed by atoms with E-state index in [4.69, 9.17) is 0 Å². The van der Waals surface area contributed by atoms with Crippen LogP contribution in [0.5, 0.6) is 0 Å². The molecule has 0 fully saturated rings. The molecule has 0 aliphatic heterocycles. The second-order valence-corrected chi connectivity index (χ2v) is 5.18. The van der Waals surface area contributed by atoms with Crippen molar-refractivity contribution in [1.29, 1.82) is 0 Å². The zero-order valence-corrected chi connectivity index (χ0v) is 11.2. The van der Waals surface area contributed by atoms with Gasteiger partial charge in [-0.05, 0) is 36.1 Å². The van der Waals surface area contributed by atoms with Crippen molar-refractivity contribution in [2.45, 2.75) is 27.2 Å².